The summed E-state index contributed by atoms with van der Waals surface area (Å²) in [5.41, 5.74) is 7.38. The molecule has 4 rings (SSSR count). The van der Waals surface area contributed by atoms with Gasteiger partial charge in [0.05, 0.1) is 12.0 Å². The molecule has 0 saturated carbocycles. The van der Waals surface area contributed by atoms with Gasteiger partial charge in [-0.05, 0) is 48.7 Å². The van der Waals surface area contributed by atoms with Crippen LogP contribution in [-0.4, -0.2) is 45.8 Å². The molecule has 1 fully saturated rings. The third-order valence-corrected chi connectivity index (χ3v) is 6.35. The summed E-state index contributed by atoms with van der Waals surface area (Å²) in [4.78, 5) is 50.3. The highest BCUT2D eigenvalue weighted by Crippen LogP contribution is 2.33. The van der Waals surface area contributed by atoms with Gasteiger partial charge in [0.15, 0.2) is 0 Å². The molecule has 10 heteroatoms. The Balaban J connectivity index is 1.61. The maximum absolute atomic E-state index is 14.4. The summed E-state index contributed by atoms with van der Waals surface area (Å²) in [6.45, 7) is 1.80. The van der Waals surface area contributed by atoms with E-state index in [0.717, 1.165) is 10.5 Å². The number of aromatic nitrogens is 2. The van der Waals surface area contributed by atoms with Gasteiger partial charge in [-0.15, -0.1) is 0 Å². The molecule has 1 aromatic carbocycles. The molecule has 2 aromatic heterocycles. The van der Waals surface area contributed by atoms with Crippen molar-refractivity contribution in [1.82, 2.24) is 20.2 Å². The summed E-state index contributed by atoms with van der Waals surface area (Å²) in [7, 11) is 1.58. The van der Waals surface area contributed by atoms with Crippen LogP contribution in [0.5, 0.6) is 0 Å². The van der Waals surface area contributed by atoms with E-state index in [1.807, 2.05) is 0 Å². The average Bonchev–Trinajstić information content (AvgIpc) is 2.89. The lowest BCUT2D eigenvalue weighted by atomic mass is 9.81. The molecule has 36 heavy (non-hydrogen) atoms. The van der Waals surface area contributed by atoms with Crippen molar-refractivity contribution in [2.45, 2.75) is 31.8 Å². The van der Waals surface area contributed by atoms with Crippen LogP contribution in [0.4, 0.5) is 20.7 Å². The lowest BCUT2D eigenvalue weighted by Crippen LogP contribution is -2.70. The first-order valence-electron chi connectivity index (χ1n) is 11.6. The van der Waals surface area contributed by atoms with E-state index in [2.05, 4.69) is 15.3 Å². The minimum atomic E-state index is -1.05. The molecule has 4 amide bonds. The Bertz CT molecular complexity index is 1270. The Morgan fingerprint density at radius 3 is 2.56 bits per heavy atom. The molecule has 1 aliphatic rings. The smallest absolute Gasteiger partial charge is 0.325 e. The van der Waals surface area contributed by atoms with Gasteiger partial charge in [-0.2, -0.15) is 0 Å². The van der Waals surface area contributed by atoms with Gasteiger partial charge in [-0.25, -0.2) is 14.2 Å². The number of carbonyl (C=O) groups is 3. The standard InChI is InChI=1S/C26H27FN6O3/c1-3-21(18-6-4-5-7-20(18)27)31-26(36)33-23(25(35)32(2)17-9-11-29-12-10-17)19(24(33)34)14-16-8-13-30-22(28)15-16/h4-13,15,19,21,23H,3,14H2,1-2H3,(H2,28,30)(H,31,36)/t19-,21?,23+/m1/s1. The number of pyridine rings is 2. The average molecular weight is 491 g/mol. The number of halogens is 1. The molecule has 1 saturated heterocycles. The van der Waals surface area contributed by atoms with Crippen LogP contribution in [0.2, 0.25) is 0 Å². The zero-order chi connectivity index (χ0) is 25.8. The van der Waals surface area contributed by atoms with Crippen LogP contribution in [-0.2, 0) is 16.0 Å². The van der Waals surface area contributed by atoms with Crippen LogP contribution in [0, 0.1) is 11.7 Å². The number of nitrogens with two attached hydrogens (primary N) is 1. The van der Waals surface area contributed by atoms with Gasteiger partial charge in [-0.3, -0.25) is 19.5 Å². The summed E-state index contributed by atoms with van der Waals surface area (Å²) < 4.78 is 14.4. The number of anilines is 2. The number of benzene rings is 1. The molecule has 3 aromatic rings. The quantitative estimate of drug-likeness (QED) is 0.491. The number of likely N-dealkylation sites (N-methyl/N-ethyl adjacent to an activating group) is 1. The number of amides is 4. The van der Waals surface area contributed by atoms with Crippen molar-refractivity contribution in [1.29, 1.82) is 0 Å². The minimum Gasteiger partial charge on any atom is -0.384 e. The van der Waals surface area contributed by atoms with E-state index >= 15 is 0 Å². The van der Waals surface area contributed by atoms with Crippen LogP contribution in [0.1, 0.15) is 30.5 Å². The van der Waals surface area contributed by atoms with Gasteiger partial charge in [-0.1, -0.05) is 25.1 Å². The highest BCUT2D eigenvalue weighted by molar-refractivity contribution is 6.12. The second-order valence-corrected chi connectivity index (χ2v) is 8.59. The number of urea groups is 1. The normalized spacial score (nSPS) is 17.8. The Hall–Kier alpha value is -4.34. The van der Waals surface area contributed by atoms with Crippen molar-refractivity contribution in [2.75, 3.05) is 17.7 Å². The molecular weight excluding hydrogens is 463 g/mol. The summed E-state index contributed by atoms with van der Waals surface area (Å²) in [5.74, 6) is -1.86. The van der Waals surface area contributed by atoms with E-state index in [0.29, 0.717) is 23.5 Å². The molecule has 0 spiro atoms. The highest BCUT2D eigenvalue weighted by atomic mass is 19.1. The van der Waals surface area contributed by atoms with Crippen molar-refractivity contribution >= 4 is 29.4 Å². The molecular formula is C26H27FN6O3. The Morgan fingerprint density at radius 1 is 1.17 bits per heavy atom. The molecule has 3 N–H and O–H groups in total. The number of nitrogens with one attached hydrogen (secondary N) is 1. The number of hydrogen-bond donors (Lipinski definition) is 2. The molecule has 0 aliphatic carbocycles. The Kier molecular flexibility index (Phi) is 7.23. The van der Waals surface area contributed by atoms with Gasteiger partial charge in [0, 0.05) is 36.9 Å². The van der Waals surface area contributed by atoms with Crippen molar-refractivity contribution in [3.05, 3.63) is 84.1 Å². The first kappa shape index (κ1) is 24.8. The number of rotatable bonds is 7. The highest BCUT2D eigenvalue weighted by Gasteiger charge is 2.55. The summed E-state index contributed by atoms with van der Waals surface area (Å²) in [5, 5.41) is 2.73. The maximum Gasteiger partial charge on any atom is 0.325 e. The molecule has 186 valence electrons. The Labute approximate surface area is 208 Å². The van der Waals surface area contributed by atoms with Crippen molar-refractivity contribution < 1.29 is 18.8 Å². The monoisotopic (exact) mass is 490 g/mol. The summed E-state index contributed by atoms with van der Waals surface area (Å²) >= 11 is 0. The topological polar surface area (TPSA) is 122 Å². The predicted octanol–water partition coefficient (Wildman–Crippen LogP) is 3.09. The number of β-lactam (4-membered cyclic amide) rings is 1. The van der Waals surface area contributed by atoms with E-state index in [1.165, 1.54) is 17.2 Å². The first-order chi connectivity index (χ1) is 17.3. The third kappa shape index (κ3) is 4.88. The number of hydrogen-bond acceptors (Lipinski definition) is 6. The number of likely N-dealkylation sites (tertiary alicyclic amines) is 1. The largest absolute Gasteiger partial charge is 0.384 e. The van der Waals surface area contributed by atoms with E-state index in [1.54, 1.807) is 68.8 Å². The van der Waals surface area contributed by atoms with Crippen LogP contribution in [0.3, 0.4) is 0 Å². The van der Waals surface area contributed by atoms with Gasteiger partial charge in [0.25, 0.3) is 5.91 Å². The van der Waals surface area contributed by atoms with Gasteiger partial charge in [0.2, 0.25) is 5.91 Å². The molecule has 0 radical (unpaired) electrons. The molecule has 0 bridgehead atoms. The van der Waals surface area contributed by atoms with Crippen molar-refractivity contribution in [3.63, 3.8) is 0 Å². The first-order valence-corrected chi connectivity index (χ1v) is 11.6. The van der Waals surface area contributed by atoms with Crippen LogP contribution < -0.4 is 16.0 Å². The van der Waals surface area contributed by atoms with Crippen LogP contribution in [0.25, 0.3) is 0 Å². The molecule has 9 nitrogen and oxygen atoms in total. The number of carbonyl (C=O) groups excluding carboxylic acids is 3. The number of nitrogen functional groups attached to an aromatic ring is 1. The lowest BCUT2D eigenvalue weighted by Gasteiger charge is -2.46. The molecule has 3 atom stereocenters. The van der Waals surface area contributed by atoms with Crippen molar-refractivity contribution in [3.8, 4) is 0 Å². The molecule has 3 heterocycles. The molecule has 1 unspecified atom stereocenters. The zero-order valence-electron chi connectivity index (χ0n) is 20.0. The Morgan fingerprint density at radius 2 is 1.89 bits per heavy atom. The minimum absolute atomic E-state index is 0.209. The number of imide groups is 1. The number of nitrogens with zero attached hydrogens (tertiary/aromatic N) is 4. The fraction of sp³-hybridized carbons (Fsp3) is 0.269. The summed E-state index contributed by atoms with van der Waals surface area (Å²) in [6.07, 6.45) is 5.23. The van der Waals surface area contributed by atoms with Gasteiger partial charge >= 0.3 is 6.03 Å². The lowest BCUT2D eigenvalue weighted by molar-refractivity contribution is -0.156. The SMILES string of the molecule is CCC(NC(=O)N1C(=O)[C@H](Cc2ccnc(N)c2)[C@H]1C(=O)N(C)c1ccncc1)c1ccccc1F. The van der Waals surface area contributed by atoms with E-state index in [9.17, 15) is 18.8 Å². The van der Waals surface area contributed by atoms with E-state index < -0.39 is 41.7 Å². The fourth-order valence-electron chi connectivity index (χ4n) is 4.40. The predicted molar refractivity (Wildman–Crippen MR) is 132 cm³/mol. The van der Waals surface area contributed by atoms with Gasteiger partial charge in [0.1, 0.15) is 17.7 Å². The third-order valence-electron chi connectivity index (χ3n) is 6.35. The van der Waals surface area contributed by atoms with E-state index in [4.69, 9.17) is 5.73 Å². The van der Waals surface area contributed by atoms with Crippen LogP contribution >= 0.6 is 0 Å². The van der Waals surface area contributed by atoms with Gasteiger partial charge < -0.3 is 16.0 Å². The summed E-state index contributed by atoms with van der Waals surface area (Å²) in [6, 6.07) is 10.3. The second-order valence-electron chi connectivity index (χ2n) is 8.59. The van der Waals surface area contributed by atoms with Crippen molar-refractivity contribution in [2.24, 2.45) is 5.92 Å². The fourth-order valence-corrected chi connectivity index (χ4v) is 4.40. The molecule has 1 aliphatic heterocycles. The second kappa shape index (κ2) is 10.5. The zero-order valence-corrected chi connectivity index (χ0v) is 20.0. The maximum atomic E-state index is 14.4. The van der Waals surface area contributed by atoms with Crippen LogP contribution in [0.15, 0.2) is 67.1 Å². The van der Waals surface area contributed by atoms with E-state index in [-0.39, 0.29) is 6.42 Å².